The van der Waals surface area contributed by atoms with Crippen LogP contribution in [0.4, 0.5) is 0 Å². The molecule has 1 heterocycles. The Morgan fingerprint density at radius 2 is 2.57 bits per heavy atom. The quantitative estimate of drug-likeness (QED) is 0.468. The van der Waals surface area contributed by atoms with Gasteiger partial charge in [0.2, 0.25) is 0 Å². The standard InChI is InChI=1S/C5H3O2/c6-5-3-1-2-4-7-5/h1-3H. The van der Waals surface area contributed by atoms with Crippen molar-refractivity contribution in [1.29, 1.82) is 0 Å². The molecule has 0 spiro atoms. The van der Waals surface area contributed by atoms with Gasteiger partial charge in [-0.25, -0.2) is 4.79 Å². The monoisotopic (exact) mass is 95.0 g/mol. The second kappa shape index (κ2) is 1.60. The SMILES string of the molecule is O=c1ccc[c]o1. The van der Waals surface area contributed by atoms with Crippen LogP contribution in [0.5, 0.6) is 0 Å². The van der Waals surface area contributed by atoms with Crippen molar-refractivity contribution in [3.8, 4) is 0 Å². The minimum Gasteiger partial charge on any atom is -0.419 e. The van der Waals surface area contributed by atoms with E-state index in [2.05, 4.69) is 10.7 Å². The van der Waals surface area contributed by atoms with Gasteiger partial charge in [-0.2, -0.15) is 0 Å². The van der Waals surface area contributed by atoms with Crippen molar-refractivity contribution in [2.45, 2.75) is 0 Å². The zero-order valence-electron chi connectivity index (χ0n) is 3.55. The number of hydrogen-bond donors (Lipinski definition) is 0. The minimum absolute atomic E-state index is 0.359. The average molecular weight is 95.1 g/mol. The summed E-state index contributed by atoms with van der Waals surface area (Å²) in [6, 6.07) is 4.43. The summed E-state index contributed by atoms with van der Waals surface area (Å²) in [7, 11) is 0. The molecule has 1 radical (unpaired) electrons. The molecule has 2 nitrogen and oxygen atoms in total. The van der Waals surface area contributed by atoms with E-state index in [1.54, 1.807) is 6.07 Å². The third-order valence-corrected chi connectivity index (χ3v) is 0.556. The predicted octanol–water partition coefficient (Wildman–Crippen LogP) is 0.440. The molecule has 0 unspecified atom stereocenters. The van der Waals surface area contributed by atoms with E-state index in [0.717, 1.165) is 0 Å². The highest BCUT2D eigenvalue weighted by atomic mass is 16.4. The van der Waals surface area contributed by atoms with Crippen LogP contribution in [0.3, 0.4) is 0 Å². The highest BCUT2D eigenvalue weighted by Gasteiger charge is 1.73. The lowest BCUT2D eigenvalue weighted by Crippen LogP contribution is -1.90. The Bertz CT molecular complexity index is 172. The van der Waals surface area contributed by atoms with E-state index >= 15 is 0 Å². The number of rotatable bonds is 0. The van der Waals surface area contributed by atoms with E-state index in [1.807, 2.05) is 0 Å². The fourth-order valence-corrected chi connectivity index (χ4v) is 0.292. The Balaban J connectivity index is 3.28. The van der Waals surface area contributed by atoms with Crippen molar-refractivity contribution >= 4 is 0 Å². The van der Waals surface area contributed by atoms with E-state index in [9.17, 15) is 4.79 Å². The van der Waals surface area contributed by atoms with Gasteiger partial charge in [0, 0.05) is 6.07 Å². The smallest absolute Gasteiger partial charge is 0.336 e. The van der Waals surface area contributed by atoms with Crippen molar-refractivity contribution in [3.05, 3.63) is 34.9 Å². The molecule has 0 saturated carbocycles. The Labute approximate surface area is 40.4 Å². The fraction of sp³-hybridized carbons (Fsp3) is 0. The van der Waals surface area contributed by atoms with E-state index in [4.69, 9.17) is 0 Å². The molecule has 2 heteroatoms. The maximum Gasteiger partial charge on any atom is 0.336 e. The summed E-state index contributed by atoms with van der Waals surface area (Å²) in [4.78, 5) is 10.1. The van der Waals surface area contributed by atoms with Crippen LogP contribution in [0.25, 0.3) is 0 Å². The van der Waals surface area contributed by atoms with Gasteiger partial charge in [-0.3, -0.25) is 0 Å². The summed E-state index contributed by atoms with van der Waals surface area (Å²) < 4.78 is 4.25. The van der Waals surface area contributed by atoms with Gasteiger partial charge in [0.1, 0.15) is 0 Å². The summed E-state index contributed by atoms with van der Waals surface area (Å²) in [5, 5.41) is 0. The van der Waals surface area contributed by atoms with E-state index in [-0.39, 0.29) is 5.63 Å². The third kappa shape index (κ3) is 0.892. The molecule has 0 amide bonds. The summed E-state index contributed by atoms with van der Waals surface area (Å²) in [6.45, 7) is 0. The van der Waals surface area contributed by atoms with E-state index in [0.29, 0.717) is 0 Å². The van der Waals surface area contributed by atoms with Crippen LogP contribution < -0.4 is 5.63 Å². The largest absolute Gasteiger partial charge is 0.419 e. The summed E-state index contributed by atoms with van der Waals surface area (Å²) in [5.74, 6) is 0. The summed E-state index contributed by atoms with van der Waals surface area (Å²) >= 11 is 0. The number of hydrogen-bond acceptors (Lipinski definition) is 2. The maximum absolute atomic E-state index is 10.1. The molecule has 0 aromatic carbocycles. The molecule has 0 atom stereocenters. The molecule has 1 rings (SSSR count). The summed E-state index contributed by atoms with van der Waals surface area (Å²) in [5.41, 5.74) is -0.359. The van der Waals surface area contributed by atoms with Crippen LogP contribution in [0.15, 0.2) is 27.4 Å². The first-order valence-electron chi connectivity index (χ1n) is 1.86. The van der Waals surface area contributed by atoms with Crippen molar-refractivity contribution in [1.82, 2.24) is 0 Å². The van der Waals surface area contributed by atoms with Gasteiger partial charge in [0.15, 0.2) is 6.26 Å². The molecular weight excluding hydrogens is 92.1 g/mol. The van der Waals surface area contributed by atoms with Crippen molar-refractivity contribution in [2.75, 3.05) is 0 Å². The molecule has 0 bridgehead atoms. The van der Waals surface area contributed by atoms with Crippen LogP contribution in [0, 0.1) is 6.26 Å². The van der Waals surface area contributed by atoms with Crippen molar-refractivity contribution in [3.63, 3.8) is 0 Å². The Kier molecular flexibility index (Phi) is 0.941. The first-order chi connectivity index (χ1) is 3.39. The predicted molar refractivity (Wildman–Crippen MR) is 23.8 cm³/mol. The molecule has 0 fully saturated rings. The van der Waals surface area contributed by atoms with Crippen LogP contribution in [-0.2, 0) is 0 Å². The Hall–Kier alpha value is -1.05. The van der Waals surface area contributed by atoms with Crippen molar-refractivity contribution in [2.24, 2.45) is 0 Å². The first-order valence-corrected chi connectivity index (χ1v) is 1.86. The highest BCUT2D eigenvalue weighted by molar-refractivity contribution is 4.84. The maximum atomic E-state index is 10.1. The minimum atomic E-state index is -0.359. The molecule has 0 aliphatic rings. The van der Waals surface area contributed by atoms with E-state index < -0.39 is 0 Å². The molecule has 1 aromatic heterocycles. The first kappa shape index (κ1) is 4.12. The van der Waals surface area contributed by atoms with Gasteiger partial charge in [-0.15, -0.1) is 0 Å². The normalized spacial score (nSPS) is 8.57. The van der Waals surface area contributed by atoms with Crippen LogP contribution >= 0.6 is 0 Å². The zero-order chi connectivity index (χ0) is 5.11. The molecule has 0 N–H and O–H groups in total. The molecule has 0 aliphatic carbocycles. The second-order valence-electron chi connectivity index (χ2n) is 1.06. The summed E-state index contributed by atoms with van der Waals surface area (Å²) in [6.07, 6.45) is 2.27. The van der Waals surface area contributed by atoms with Crippen LogP contribution in [0.2, 0.25) is 0 Å². The van der Waals surface area contributed by atoms with Crippen LogP contribution in [0.1, 0.15) is 0 Å². The lowest BCUT2D eigenvalue weighted by molar-refractivity contribution is 0.502. The van der Waals surface area contributed by atoms with Gasteiger partial charge in [-0.1, -0.05) is 6.07 Å². The van der Waals surface area contributed by atoms with Crippen molar-refractivity contribution < 1.29 is 4.42 Å². The second-order valence-corrected chi connectivity index (χ2v) is 1.06. The van der Waals surface area contributed by atoms with Gasteiger partial charge in [-0.05, 0) is 6.07 Å². The van der Waals surface area contributed by atoms with Gasteiger partial charge >= 0.3 is 5.63 Å². The third-order valence-electron chi connectivity index (χ3n) is 0.556. The topological polar surface area (TPSA) is 30.2 Å². The van der Waals surface area contributed by atoms with E-state index in [1.165, 1.54) is 12.1 Å². The van der Waals surface area contributed by atoms with Crippen LogP contribution in [-0.4, -0.2) is 0 Å². The zero-order valence-corrected chi connectivity index (χ0v) is 3.55. The molecular formula is C5H3O2. The average Bonchev–Trinajstić information content (AvgIpc) is 1.69. The lowest BCUT2D eigenvalue weighted by Gasteiger charge is -1.70. The molecule has 0 saturated heterocycles. The fourth-order valence-electron chi connectivity index (χ4n) is 0.292. The van der Waals surface area contributed by atoms with Gasteiger partial charge in [0.05, 0.1) is 0 Å². The van der Waals surface area contributed by atoms with Gasteiger partial charge in [0.25, 0.3) is 0 Å². The Morgan fingerprint density at radius 1 is 1.71 bits per heavy atom. The van der Waals surface area contributed by atoms with Gasteiger partial charge < -0.3 is 4.42 Å². The highest BCUT2D eigenvalue weighted by Crippen LogP contribution is 1.70. The molecule has 35 valence electrons. The Morgan fingerprint density at radius 3 is 2.86 bits per heavy atom. The lowest BCUT2D eigenvalue weighted by atomic mass is 10.5. The molecule has 0 aliphatic heterocycles. The molecule has 7 heavy (non-hydrogen) atoms. The molecule has 1 aromatic rings.